The largest absolute Gasteiger partial charge is 0.336 e. The van der Waals surface area contributed by atoms with Crippen LogP contribution in [0.5, 0.6) is 0 Å². The van der Waals surface area contributed by atoms with Crippen molar-refractivity contribution in [2.24, 2.45) is 40.0 Å². The minimum absolute atomic E-state index is 0.113. The first-order chi connectivity index (χ1) is 15.4. The maximum atomic E-state index is 12.9. The molecule has 0 aromatic rings. The van der Waals surface area contributed by atoms with Crippen molar-refractivity contribution in [2.75, 3.05) is 13.1 Å². The predicted molar refractivity (Wildman–Crippen MR) is 128 cm³/mol. The highest BCUT2D eigenvalue weighted by atomic mass is 16.2. The van der Waals surface area contributed by atoms with Crippen molar-refractivity contribution < 1.29 is 4.79 Å². The molecule has 10 atom stereocenters. The standard InChI is InChI=1S/C28H43N3O/c1-17-11-22-6-4-5-9-30(22)25(12-17)24-7-8-27-21-14-23-20(13-26(27)29-24)10-18(2)15-28(23,27)31(16-21)19(3)32/h17-18,20-25H,4-16H2,1-3H3. The summed E-state index contributed by atoms with van der Waals surface area (Å²) in [5.41, 5.74) is 1.94. The summed E-state index contributed by atoms with van der Waals surface area (Å²) in [5, 5.41) is 0. The average molecular weight is 438 g/mol. The number of aliphatic imine (C=N–C) groups is 1. The van der Waals surface area contributed by atoms with Gasteiger partial charge in [0.15, 0.2) is 0 Å². The average Bonchev–Trinajstić information content (AvgIpc) is 3.11. The van der Waals surface area contributed by atoms with Crippen molar-refractivity contribution in [1.82, 2.24) is 9.80 Å². The lowest BCUT2D eigenvalue weighted by atomic mass is 9.48. The number of carbonyl (C=O) groups is 1. The quantitative estimate of drug-likeness (QED) is 0.584. The Hall–Kier alpha value is -0.900. The van der Waals surface area contributed by atoms with Gasteiger partial charge in [-0.15, -0.1) is 0 Å². The van der Waals surface area contributed by atoms with Crippen molar-refractivity contribution in [3.05, 3.63) is 0 Å². The zero-order valence-corrected chi connectivity index (χ0v) is 20.6. The number of carbonyl (C=O) groups excluding carboxylic acids is 1. The van der Waals surface area contributed by atoms with Crippen LogP contribution < -0.4 is 0 Å². The highest BCUT2D eigenvalue weighted by Gasteiger charge is 2.78. The molecular weight excluding hydrogens is 394 g/mol. The van der Waals surface area contributed by atoms with E-state index in [1.165, 1.54) is 77.2 Å². The minimum Gasteiger partial charge on any atom is -0.336 e. The molecule has 7 aliphatic rings. The van der Waals surface area contributed by atoms with E-state index in [9.17, 15) is 4.79 Å². The van der Waals surface area contributed by atoms with Gasteiger partial charge in [0, 0.05) is 36.7 Å². The van der Waals surface area contributed by atoms with E-state index in [2.05, 4.69) is 23.6 Å². The highest BCUT2D eigenvalue weighted by molar-refractivity contribution is 5.96. The Morgan fingerprint density at radius 2 is 1.94 bits per heavy atom. The number of amides is 1. The molecule has 4 nitrogen and oxygen atoms in total. The number of piperidine rings is 3. The van der Waals surface area contributed by atoms with Gasteiger partial charge in [0.25, 0.3) is 0 Å². The van der Waals surface area contributed by atoms with Crippen LogP contribution in [0.3, 0.4) is 0 Å². The Kier molecular flexibility index (Phi) is 4.37. The molecule has 176 valence electrons. The molecule has 6 fully saturated rings. The van der Waals surface area contributed by atoms with Crippen LogP contribution in [-0.4, -0.2) is 58.2 Å². The molecule has 10 unspecified atom stereocenters. The van der Waals surface area contributed by atoms with E-state index in [0.29, 0.717) is 23.9 Å². The predicted octanol–water partition coefficient (Wildman–Crippen LogP) is 4.92. The van der Waals surface area contributed by atoms with Crippen LogP contribution in [-0.2, 0) is 4.79 Å². The van der Waals surface area contributed by atoms with E-state index in [-0.39, 0.29) is 11.0 Å². The van der Waals surface area contributed by atoms with Gasteiger partial charge in [-0.25, -0.2) is 0 Å². The fraction of sp³-hybridized carbons (Fsp3) is 0.929. The molecule has 32 heavy (non-hydrogen) atoms. The van der Waals surface area contributed by atoms with Gasteiger partial charge in [-0.3, -0.25) is 14.7 Å². The second kappa shape index (κ2) is 6.83. The topological polar surface area (TPSA) is 35.9 Å². The molecule has 0 radical (unpaired) electrons. The molecule has 0 aromatic heterocycles. The number of hydrogen-bond donors (Lipinski definition) is 0. The first-order valence-corrected chi connectivity index (χ1v) is 14.0. The Morgan fingerprint density at radius 1 is 1.06 bits per heavy atom. The SMILES string of the molecule is CC(=O)N1CC2CC3C4CC5=NC(C6CC(C)CC7CCCCN76)CCC52C31CC(C)C4. The summed E-state index contributed by atoms with van der Waals surface area (Å²) in [6.45, 7) is 9.13. The zero-order chi connectivity index (χ0) is 21.8. The van der Waals surface area contributed by atoms with Crippen LogP contribution in [0, 0.1) is 35.0 Å². The van der Waals surface area contributed by atoms with Gasteiger partial charge in [-0.2, -0.15) is 0 Å². The molecule has 0 N–H and O–H groups in total. The van der Waals surface area contributed by atoms with Crippen LogP contribution in [0.25, 0.3) is 0 Å². The lowest BCUT2D eigenvalue weighted by Crippen LogP contribution is -2.68. The third-order valence-electron chi connectivity index (χ3n) is 11.8. The minimum atomic E-state index is 0.113. The molecule has 3 saturated heterocycles. The Balaban J connectivity index is 1.29. The summed E-state index contributed by atoms with van der Waals surface area (Å²) < 4.78 is 0. The van der Waals surface area contributed by atoms with Crippen molar-refractivity contribution >= 4 is 11.6 Å². The van der Waals surface area contributed by atoms with Crippen molar-refractivity contribution in [3.8, 4) is 0 Å². The fourth-order valence-electron chi connectivity index (χ4n) is 11.2. The van der Waals surface area contributed by atoms with Crippen LogP contribution in [0.15, 0.2) is 4.99 Å². The van der Waals surface area contributed by atoms with E-state index in [1.807, 2.05) is 6.92 Å². The van der Waals surface area contributed by atoms with E-state index in [1.54, 1.807) is 5.71 Å². The Labute approximate surface area is 194 Å². The van der Waals surface area contributed by atoms with E-state index in [0.717, 1.165) is 36.3 Å². The maximum Gasteiger partial charge on any atom is 0.219 e. The molecule has 0 aromatic carbocycles. The lowest BCUT2D eigenvalue weighted by molar-refractivity contribution is -0.145. The van der Waals surface area contributed by atoms with Gasteiger partial charge in [-0.05, 0) is 100 Å². The Bertz CT molecular complexity index is 854. The van der Waals surface area contributed by atoms with Gasteiger partial charge in [-0.1, -0.05) is 20.3 Å². The lowest BCUT2D eigenvalue weighted by Gasteiger charge is -2.62. The van der Waals surface area contributed by atoms with Crippen LogP contribution >= 0.6 is 0 Å². The normalized spacial score (nSPS) is 54.1. The molecule has 5 bridgehead atoms. The number of fused-ring (bicyclic) bond motifs is 1. The maximum absolute atomic E-state index is 12.9. The van der Waals surface area contributed by atoms with Gasteiger partial charge in [0.05, 0.1) is 11.6 Å². The molecular formula is C28H43N3O. The number of nitrogens with zero attached hydrogens (tertiary/aromatic N) is 3. The van der Waals surface area contributed by atoms with Crippen LogP contribution in [0.4, 0.5) is 0 Å². The second-order valence-corrected chi connectivity index (χ2v) is 13.3. The number of likely N-dealkylation sites (tertiary alicyclic amines) is 1. The van der Waals surface area contributed by atoms with Crippen molar-refractivity contribution in [1.29, 1.82) is 0 Å². The van der Waals surface area contributed by atoms with Crippen molar-refractivity contribution in [2.45, 2.75) is 115 Å². The van der Waals surface area contributed by atoms with Gasteiger partial charge < -0.3 is 4.90 Å². The fourth-order valence-corrected chi connectivity index (χ4v) is 11.2. The second-order valence-electron chi connectivity index (χ2n) is 13.3. The van der Waals surface area contributed by atoms with E-state index < -0.39 is 0 Å². The monoisotopic (exact) mass is 437 g/mol. The smallest absolute Gasteiger partial charge is 0.219 e. The summed E-state index contributed by atoms with van der Waals surface area (Å²) in [4.78, 5) is 24.0. The molecule has 4 aliphatic heterocycles. The number of rotatable bonds is 1. The van der Waals surface area contributed by atoms with E-state index in [4.69, 9.17) is 4.99 Å². The third kappa shape index (κ3) is 2.39. The van der Waals surface area contributed by atoms with Crippen LogP contribution in [0.2, 0.25) is 0 Å². The molecule has 4 heterocycles. The van der Waals surface area contributed by atoms with Gasteiger partial charge >= 0.3 is 0 Å². The van der Waals surface area contributed by atoms with Crippen molar-refractivity contribution in [3.63, 3.8) is 0 Å². The molecule has 3 saturated carbocycles. The summed E-state index contributed by atoms with van der Waals surface area (Å²) in [6, 6.07) is 2.00. The van der Waals surface area contributed by atoms with Gasteiger partial charge in [0.2, 0.25) is 5.91 Å². The first kappa shape index (κ1) is 20.5. The van der Waals surface area contributed by atoms with E-state index >= 15 is 0 Å². The summed E-state index contributed by atoms with van der Waals surface area (Å²) in [5.74, 6) is 4.13. The third-order valence-corrected chi connectivity index (χ3v) is 11.8. The van der Waals surface area contributed by atoms with Crippen LogP contribution in [0.1, 0.15) is 91.4 Å². The zero-order valence-electron chi connectivity index (χ0n) is 20.6. The summed E-state index contributed by atoms with van der Waals surface area (Å²) in [6.07, 6.45) is 14.8. The first-order valence-electron chi connectivity index (χ1n) is 14.0. The molecule has 1 amide bonds. The molecule has 7 rings (SSSR count). The molecule has 2 spiro atoms. The molecule has 3 aliphatic carbocycles. The molecule has 4 heteroatoms. The summed E-state index contributed by atoms with van der Waals surface area (Å²) >= 11 is 0. The summed E-state index contributed by atoms with van der Waals surface area (Å²) in [7, 11) is 0. The number of hydrogen-bond acceptors (Lipinski definition) is 3. The Morgan fingerprint density at radius 3 is 2.78 bits per heavy atom. The highest BCUT2D eigenvalue weighted by Crippen LogP contribution is 2.74. The van der Waals surface area contributed by atoms with Gasteiger partial charge in [0.1, 0.15) is 0 Å².